The van der Waals surface area contributed by atoms with Crippen molar-refractivity contribution in [3.8, 4) is 0 Å². The van der Waals surface area contributed by atoms with Crippen LogP contribution >= 0.6 is 0 Å². The number of amides is 1. The number of carbonyl (C=O) groups is 2. The van der Waals surface area contributed by atoms with Crippen LogP contribution in [0.4, 0.5) is 0 Å². The van der Waals surface area contributed by atoms with E-state index in [1.807, 2.05) is 20.9 Å². The first-order chi connectivity index (χ1) is 8.40. The molecule has 2 unspecified atom stereocenters. The van der Waals surface area contributed by atoms with Gasteiger partial charge in [0.25, 0.3) is 0 Å². The quantitative estimate of drug-likeness (QED) is 0.434. The van der Waals surface area contributed by atoms with Gasteiger partial charge in [-0.15, -0.1) is 0 Å². The molecule has 6 nitrogen and oxygen atoms in total. The third-order valence-corrected chi connectivity index (χ3v) is 2.81. The Morgan fingerprint density at radius 3 is 2.33 bits per heavy atom. The Balaban J connectivity index is 4.19. The van der Waals surface area contributed by atoms with Crippen LogP contribution in [-0.2, 0) is 9.59 Å². The zero-order valence-corrected chi connectivity index (χ0v) is 11.4. The van der Waals surface area contributed by atoms with Crippen molar-refractivity contribution in [3.05, 3.63) is 0 Å². The summed E-state index contributed by atoms with van der Waals surface area (Å²) in [5, 5.41) is 14.5. The van der Waals surface area contributed by atoms with Gasteiger partial charge in [0, 0.05) is 0 Å². The molecule has 6 heteroatoms. The van der Waals surface area contributed by atoms with Crippen LogP contribution in [0.5, 0.6) is 0 Å². The largest absolute Gasteiger partial charge is 0.480 e. The topological polar surface area (TPSA) is 104 Å². The molecule has 0 aliphatic rings. The lowest BCUT2D eigenvalue weighted by atomic mass is 10.0. The standard InChI is InChI=1S/C12H25N3O3/c1-8(2)10(13)11(16)15-9(12(17)18)6-4-5-7-14-3/h8-10,14H,4-7,13H2,1-3H3,(H,15,16)(H,17,18). The minimum atomic E-state index is -1.01. The number of carboxylic acids is 1. The summed E-state index contributed by atoms with van der Waals surface area (Å²) in [5.74, 6) is -1.42. The number of aliphatic carboxylic acids is 1. The molecule has 5 N–H and O–H groups in total. The molecule has 0 aliphatic carbocycles. The van der Waals surface area contributed by atoms with E-state index in [1.54, 1.807) is 0 Å². The van der Waals surface area contributed by atoms with E-state index >= 15 is 0 Å². The second-order valence-electron chi connectivity index (χ2n) is 4.77. The molecule has 0 saturated heterocycles. The zero-order chi connectivity index (χ0) is 14.1. The minimum Gasteiger partial charge on any atom is -0.480 e. The summed E-state index contributed by atoms with van der Waals surface area (Å²) >= 11 is 0. The van der Waals surface area contributed by atoms with Crippen molar-refractivity contribution in [2.45, 2.75) is 45.2 Å². The number of carboxylic acid groups (broad SMARTS) is 1. The van der Waals surface area contributed by atoms with E-state index in [9.17, 15) is 9.59 Å². The lowest BCUT2D eigenvalue weighted by molar-refractivity contribution is -0.142. The Hall–Kier alpha value is -1.14. The van der Waals surface area contributed by atoms with E-state index in [2.05, 4.69) is 10.6 Å². The van der Waals surface area contributed by atoms with Crippen LogP contribution in [0, 0.1) is 5.92 Å². The fourth-order valence-electron chi connectivity index (χ4n) is 1.48. The first kappa shape index (κ1) is 16.9. The molecule has 0 heterocycles. The molecule has 0 spiro atoms. The monoisotopic (exact) mass is 259 g/mol. The molecule has 0 aromatic heterocycles. The highest BCUT2D eigenvalue weighted by Gasteiger charge is 2.24. The summed E-state index contributed by atoms with van der Waals surface area (Å²) in [6.45, 7) is 4.49. The summed E-state index contributed by atoms with van der Waals surface area (Å²) in [6.07, 6.45) is 2.05. The van der Waals surface area contributed by atoms with Gasteiger partial charge in [-0.25, -0.2) is 4.79 Å². The molecular weight excluding hydrogens is 234 g/mol. The maximum Gasteiger partial charge on any atom is 0.326 e. The number of nitrogens with two attached hydrogens (primary N) is 1. The maximum absolute atomic E-state index is 11.7. The van der Waals surface area contributed by atoms with E-state index in [4.69, 9.17) is 10.8 Å². The highest BCUT2D eigenvalue weighted by atomic mass is 16.4. The summed E-state index contributed by atoms with van der Waals surface area (Å²) in [4.78, 5) is 22.7. The third kappa shape index (κ3) is 6.56. The van der Waals surface area contributed by atoms with Crippen molar-refractivity contribution >= 4 is 11.9 Å². The van der Waals surface area contributed by atoms with Gasteiger partial charge >= 0.3 is 5.97 Å². The van der Waals surface area contributed by atoms with Crippen LogP contribution in [-0.4, -0.2) is 42.7 Å². The van der Waals surface area contributed by atoms with E-state index in [0.717, 1.165) is 19.4 Å². The molecule has 2 atom stereocenters. The summed E-state index contributed by atoms with van der Waals surface area (Å²) < 4.78 is 0. The Morgan fingerprint density at radius 1 is 1.28 bits per heavy atom. The molecule has 1 amide bonds. The molecule has 0 radical (unpaired) electrons. The van der Waals surface area contributed by atoms with Crippen molar-refractivity contribution in [3.63, 3.8) is 0 Å². The fourth-order valence-corrected chi connectivity index (χ4v) is 1.48. The lowest BCUT2D eigenvalue weighted by Gasteiger charge is -2.19. The van der Waals surface area contributed by atoms with Gasteiger partial charge in [-0.2, -0.15) is 0 Å². The van der Waals surface area contributed by atoms with E-state index < -0.39 is 24.0 Å². The van der Waals surface area contributed by atoms with E-state index in [-0.39, 0.29) is 5.92 Å². The van der Waals surface area contributed by atoms with Crippen LogP contribution in [0.2, 0.25) is 0 Å². The van der Waals surface area contributed by atoms with E-state index in [1.165, 1.54) is 0 Å². The number of carbonyl (C=O) groups excluding carboxylic acids is 1. The van der Waals surface area contributed by atoms with E-state index in [0.29, 0.717) is 6.42 Å². The number of unbranched alkanes of at least 4 members (excludes halogenated alkanes) is 1. The second-order valence-corrected chi connectivity index (χ2v) is 4.77. The van der Waals surface area contributed by atoms with Gasteiger partial charge in [0.05, 0.1) is 6.04 Å². The van der Waals surface area contributed by atoms with Crippen molar-refractivity contribution in [2.24, 2.45) is 11.7 Å². The number of rotatable bonds is 9. The normalized spacial score (nSPS) is 14.3. The van der Waals surface area contributed by atoms with Crippen LogP contribution < -0.4 is 16.4 Å². The van der Waals surface area contributed by atoms with Crippen LogP contribution in [0.3, 0.4) is 0 Å². The SMILES string of the molecule is CNCCCCC(NC(=O)C(N)C(C)C)C(=O)O. The van der Waals surface area contributed by atoms with Crippen molar-refractivity contribution < 1.29 is 14.7 Å². The molecule has 18 heavy (non-hydrogen) atoms. The third-order valence-electron chi connectivity index (χ3n) is 2.81. The molecule has 0 aliphatic heterocycles. The molecule has 0 fully saturated rings. The van der Waals surface area contributed by atoms with Gasteiger partial charge in [0.15, 0.2) is 0 Å². The maximum atomic E-state index is 11.7. The zero-order valence-electron chi connectivity index (χ0n) is 11.4. The van der Waals surface area contributed by atoms with Gasteiger partial charge in [-0.1, -0.05) is 13.8 Å². The van der Waals surface area contributed by atoms with Crippen LogP contribution in [0.25, 0.3) is 0 Å². The van der Waals surface area contributed by atoms with Gasteiger partial charge in [0.1, 0.15) is 6.04 Å². The summed E-state index contributed by atoms with van der Waals surface area (Å²) in [6, 6.07) is -1.51. The predicted molar refractivity (Wildman–Crippen MR) is 70.2 cm³/mol. The Kier molecular flexibility index (Phi) is 8.32. The molecule has 106 valence electrons. The van der Waals surface area contributed by atoms with Gasteiger partial charge in [-0.05, 0) is 38.8 Å². The number of hydrogen-bond acceptors (Lipinski definition) is 4. The molecule has 0 bridgehead atoms. The highest BCUT2D eigenvalue weighted by molar-refractivity contribution is 5.86. The Morgan fingerprint density at radius 2 is 1.89 bits per heavy atom. The van der Waals surface area contributed by atoms with Crippen LogP contribution in [0.1, 0.15) is 33.1 Å². The first-order valence-electron chi connectivity index (χ1n) is 6.33. The molecular formula is C12H25N3O3. The van der Waals surface area contributed by atoms with Gasteiger partial charge in [-0.3, -0.25) is 4.79 Å². The fraction of sp³-hybridized carbons (Fsp3) is 0.833. The molecule has 0 rings (SSSR count). The van der Waals surface area contributed by atoms with Gasteiger partial charge < -0.3 is 21.5 Å². The lowest BCUT2D eigenvalue weighted by Crippen LogP contribution is -2.50. The highest BCUT2D eigenvalue weighted by Crippen LogP contribution is 2.04. The summed E-state index contributed by atoms with van der Waals surface area (Å²) in [5.41, 5.74) is 5.67. The predicted octanol–water partition coefficient (Wildman–Crippen LogP) is -0.0712. The minimum absolute atomic E-state index is 0.0104. The smallest absolute Gasteiger partial charge is 0.326 e. The average Bonchev–Trinajstić information content (AvgIpc) is 2.31. The average molecular weight is 259 g/mol. The van der Waals surface area contributed by atoms with Crippen molar-refractivity contribution in [2.75, 3.05) is 13.6 Å². The van der Waals surface area contributed by atoms with Crippen LogP contribution in [0.15, 0.2) is 0 Å². The second kappa shape index (κ2) is 8.88. The van der Waals surface area contributed by atoms with Crippen molar-refractivity contribution in [1.82, 2.24) is 10.6 Å². The molecule has 0 aromatic rings. The Labute approximate surface area is 108 Å². The first-order valence-corrected chi connectivity index (χ1v) is 6.33. The van der Waals surface area contributed by atoms with Gasteiger partial charge in [0.2, 0.25) is 5.91 Å². The van der Waals surface area contributed by atoms with Crippen molar-refractivity contribution in [1.29, 1.82) is 0 Å². The Bertz CT molecular complexity index is 269. The summed E-state index contributed by atoms with van der Waals surface area (Å²) in [7, 11) is 1.85. The number of nitrogens with one attached hydrogen (secondary N) is 2. The molecule has 0 aromatic carbocycles. The molecule has 0 saturated carbocycles. The number of hydrogen-bond donors (Lipinski definition) is 4.